The van der Waals surface area contributed by atoms with Crippen LogP contribution >= 0.6 is 11.8 Å². The van der Waals surface area contributed by atoms with Gasteiger partial charge in [-0.1, -0.05) is 19.1 Å². The number of urea groups is 1. The van der Waals surface area contributed by atoms with Crippen molar-refractivity contribution in [3.8, 4) is 0 Å². The molecule has 2 aromatic rings. The fourth-order valence-electron chi connectivity index (χ4n) is 2.31. The maximum absolute atomic E-state index is 12.9. The highest BCUT2D eigenvalue weighted by atomic mass is 32.2. The number of hydrogen-bond donors (Lipinski definition) is 1. The number of carbonyl (C=O) groups excluding carboxylic acids is 1. The molecule has 0 saturated carbocycles. The number of nitrogens with zero attached hydrogens (tertiary/aromatic N) is 1. The average molecular weight is 302 g/mol. The summed E-state index contributed by atoms with van der Waals surface area (Å²) in [5.41, 5.74) is 1.50. The molecule has 3 nitrogen and oxygen atoms in total. The van der Waals surface area contributed by atoms with Gasteiger partial charge in [-0.2, -0.15) is 0 Å². The molecule has 1 N–H and O–H groups in total. The van der Waals surface area contributed by atoms with Crippen LogP contribution < -0.4 is 10.2 Å². The number of para-hydroxylation sites is 1. The van der Waals surface area contributed by atoms with E-state index in [2.05, 4.69) is 12.2 Å². The Morgan fingerprint density at radius 2 is 1.95 bits per heavy atom. The average Bonchev–Trinajstić information content (AvgIpc) is 2.48. The Kier molecular flexibility index (Phi) is 3.84. The SMILES string of the molecule is CC1CN(C(=O)Nc2ccc(F)cc2)c2ccccc2S1. The van der Waals surface area contributed by atoms with Gasteiger partial charge in [0.25, 0.3) is 0 Å². The van der Waals surface area contributed by atoms with Gasteiger partial charge in [0, 0.05) is 22.4 Å². The van der Waals surface area contributed by atoms with Gasteiger partial charge in [-0.15, -0.1) is 11.8 Å². The number of benzene rings is 2. The second kappa shape index (κ2) is 5.77. The Hall–Kier alpha value is -2.01. The van der Waals surface area contributed by atoms with Crippen molar-refractivity contribution in [2.75, 3.05) is 16.8 Å². The first-order chi connectivity index (χ1) is 10.1. The summed E-state index contributed by atoms with van der Waals surface area (Å²) in [6, 6.07) is 13.4. The molecule has 0 aromatic heterocycles. The molecule has 0 spiro atoms. The summed E-state index contributed by atoms with van der Waals surface area (Å²) in [5, 5.41) is 3.14. The van der Waals surface area contributed by atoms with Crippen LogP contribution in [0.15, 0.2) is 53.4 Å². The first kappa shape index (κ1) is 13.9. The Morgan fingerprint density at radius 1 is 1.24 bits per heavy atom. The summed E-state index contributed by atoms with van der Waals surface area (Å²) in [4.78, 5) is 15.3. The summed E-state index contributed by atoms with van der Waals surface area (Å²) < 4.78 is 12.9. The number of anilines is 2. The molecule has 0 bridgehead atoms. The molecule has 2 amide bonds. The van der Waals surface area contributed by atoms with Crippen molar-refractivity contribution >= 4 is 29.2 Å². The fraction of sp³-hybridized carbons (Fsp3) is 0.188. The van der Waals surface area contributed by atoms with Gasteiger partial charge in [0.05, 0.1) is 5.69 Å². The van der Waals surface area contributed by atoms with Crippen LogP contribution in [-0.4, -0.2) is 17.8 Å². The van der Waals surface area contributed by atoms with E-state index in [1.54, 1.807) is 28.8 Å². The van der Waals surface area contributed by atoms with Gasteiger partial charge >= 0.3 is 6.03 Å². The number of amides is 2. The standard InChI is InChI=1S/C16H15FN2OS/c1-11-10-19(14-4-2-3-5-15(14)21-11)16(20)18-13-8-6-12(17)7-9-13/h2-9,11H,10H2,1H3,(H,18,20). The van der Waals surface area contributed by atoms with E-state index >= 15 is 0 Å². The van der Waals surface area contributed by atoms with E-state index in [4.69, 9.17) is 0 Å². The molecule has 21 heavy (non-hydrogen) atoms. The summed E-state index contributed by atoms with van der Waals surface area (Å²) >= 11 is 1.77. The normalized spacial score (nSPS) is 17.2. The lowest BCUT2D eigenvalue weighted by molar-refractivity contribution is 0.256. The van der Waals surface area contributed by atoms with Crippen molar-refractivity contribution in [2.45, 2.75) is 17.1 Å². The van der Waals surface area contributed by atoms with Crippen LogP contribution in [0.5, 0.6) is 0 Å². The maximum Gasteiger partial charge on any atom is 0.326 e. The van der Waals surface area contributed by atoms with Gasteiger partial charge in [-0.05, 0) is 36.4 Å². The molecule has 1 heterocycles. The molecule has 0 aliphatic carbocycles. The molecule has 108 valence electrons. The van der Waals surface area contributed by atoms with Gasteiger partial charge < -0.3 is 5.32 Å². The molecular weight excluding hydrogens is 287 g/mol. The van der Waals surface area contributed by atoms with Crippen LogP contribution in [0.4, 0.5) is 20.6 Å². The lowest BCUT2D eigenvalue weighted by atomic mass is 10.2. The number of thioether (sulfide) groups is 1. The van der Waals surface area contributed by atoms with Crippen molar-refractivity contribution in [1.29, 1.82) is 0 Å². The molecule has 2 aromatic carbocycles. The first-order valence-corrected chi connectivity index (χ1v) is 7.61. The summed E-state index contributed by atoms with van der Waals surface area (Å²) in [5.74, 6) is -0.318. The number of nitrogens with one attached hydrogen (secondary N) is 1. The Balaban J connectivity index is 1.83. The predicted octanol–water partition coefficient (Wildman–Crippen LogP) is 4.36. The third-order valence-corrected chi connectivity index (χ3v) is 4.42. The van der Waals surface area contributed by atoms with Crippen LogP contribution in [0.1, 0.15) is 6.92 Å². The Bertz CT molecular complexity index is 660. The second-order valence-electron chi connectivity index (χ2n) is 4.94. The minimum atomic E-state index is -0.318. The van der Waals surface area contributed by atoms with Crippen molar-refractivity contribution in [2.24, 2.45) is 0 Å². The van der Waals surface area contributed by atoms with E-state index in [1.165, 1.54) is 12.1 Å². The van der Waals surface area contributed by atoms with Gasteiger partial charge in [0.2, 0.25) is 0 Å². The van der Waals surface area contributed by atoms with E-state index < -0.39 is 0 Å². The monoisotopic (exact) mass is 302 g/mol. The van der Waals surface area contributed by atoms with E-state index in [1.807, 2.05) is 24.3 Å². The highest BCUT2D eigenvalue weighted by Crippen LogP contribution is 2.38. The first-order valence-electron chi connectivity index (χ1n) is 6.73. The molecule has 0 fully saturated rings. The minimum Gasteiger partial charge on any atom is -0.308 e. The zero-order valence-electron chi connectivity index (χ0n) is 11.5. The van der Waals surface area contributed by atoms with E-state index in [0.29, 0.717) is 17.5 Å². The number of rotatable bonds is 1. The summed E-state index contributed by atoms with van der Waals surface area (Å²) in [7, 11) is 0. The molecule has 1 aliphatic rings. The molecule has 1 atom stereocenters. The molecule has 0 radical (unpaired) electrons. The number of halogens is 1. The van der Waals surface area contributed by atoms with Gasteiger partial charge in [-0.25, -0.2) is 9.18 Å². The lowest BCUT2D eigenvalue weighted by Crippen LogP contribution is -2.41. The van der Waals surface area contributed by atoms with Crippen LogP contribution in [0.3, 0.4) is 0 Å². The number of hydrogen-bond acceptors (Lipinski definition) is 2. The fourth-order valence-corrected chi connectivity index (χ4v) is 3.42. The lowest BCUT2D eigenvalue weighted by Gasteiger charge is -2.32. The molecule has 3 rings (SSSR count). The quantitative estimate of drug-likeness (QED) is 0.849. The van der Waals surface area contributed by atoms with Gasteiger partial charge in [0.1, 0.15) is 5.82 Å². The zero-order valence-corrected chi connectivity index (χ0v) is 12.4. The predicted molar refractivity (Wildman–Crippen MR) is 84.5 cm³/mol. The summed E-state index contributed by atoms with van der Waals surface area (Å²) in [6.45, 7) is 2.74. The zero-order chi connectivity index (χ0) is 14.8. The second-order valence-corrected chi connectivity index (χ2v) is 6.42. The van der Waals surface area contributed by atoms with Crippen LogP contribution in [0.25, 0.3) is 0 Å². The minimum absolute atomic E-state index is 0.193. The van der Waals surface area contributed by atoms with Crippen LogP contribution in [0.2, 0.25) is 0 Å². The van der Waals surface area contributed by atoms with Crippen LogP contribution in [0, 0.1) is 5.82 Å². The van der Waals surface area contributed by atoms with E-state index in [-0.39, 0.29) is 11.8 Å². The smallest absolute Gasteiger partial charge is 0.308 e. The van der Waals surface area contributed by atoms with Crippen molar-refractivity contribution in [3.05, 3.63) is 54.3 Å². The number of fused-ring (bicyclic) bond motifs is 1. The van der Waals surface area contributed by atoms with Crippen LogP contribution in [-0.2, 0) is 0 Å². The topological polar surface area (TPSA) is 32.3 Å². The molecule has 1 aliphatic heterocycles. The van der Waals surface area contributed by atoms with Gasteiger partial charge in [0.15, 0.2) is 0 Å². The largest absolute Gasteiger partial charge is 0.326 e. The summed E-state index contributed by atoms with van der Waals surface area (Å²) in [6.07, 6.45) is 0. The number of carbonyl (C=O) groups is 1. The molecular formula is C16H15FN2OS. The third kappa shape index (κ3) is 3.03. The highest BCUT2D eigenvalue weighted by Gasteiger charge is 2.26. The molecule has 5 heteroatoms. The molecule has 1 unspecified atom stereocenters. The maximum atomic E-state index is 12.9. The van der Waals surface area contributed by atoms with Gasteiger partial charge in [-0.3, -0.25) is 4.90 Å². The Morgan fingerprint density at radius 3 is 2.71 bits per heavy atom. The van der Waals surface area contributed by atoms with Crippen molar-refractivity contribution in [1.82, 2.24) is 0 Å². The Labute approximate surface area is 127 Å². The van der Waals surface area contributed by atoms with E-state index in [0.717, 1.165) is 10.6 Å². The van der Waals surface area contributed by atoms with Crippen molar-refractivity contribution < 1.29 is 9.18 Å². The molecule has 0 saturated heterocycles. The highest BCUT2D eigenvalue weighted by molar-refractivity contribution is 8.00. The van der Waals surface area contributed by atoms with E-state index in [9.17, 15) is 9.18 Å². The third-order valence-electron chi connectivity index (χ3n) is 3.26. The van der Waals surface area contributed by atoms with Crippen molar-refractivity contribution in [3.63, 3.8) is 0 Å².